The summed E-state index contributed by atoms with van der Waals surface area (Å²) in [6.07, 6.45) is 5.87. The molecule has 0 aliphatic heterocycles. The zero-order valence-electron chi connectivity index (χ0n) is 16.9. The summed E-state index contributed by atoms with van der Waals surface area (Å²) in [5.74, 6) is -0.744. The maximum atomic E-state index is 12.7. The van der Waals surface area contributed by atoms with Crippen LogP contribution in [0.4, 0.5) is 0 Å². The summed E-state index contributed by atoms with van der Waals surface area (Å²) >= 11 is 0. The number of aryl methyl sites for hydroxylation is 1. The van der Waals surface area contributed by atoms with E-state index < -0.39 is 12.1 Å². The number of benzene rings is 1. The van der Waals surface area contributed by atoms with Crippen molar-refractivity contribution in [2.45, 2.75) is 71.4 Å². The summed E-state index contributed by atoms with van der Waals surface area (Å²) in [7, 11) is 0. The molecule has 3 rings (SSSR count). The maximum Gasteiger partial charge on any atom is 0.342 e. The minimum Gasteiger partial charge on any atom is -0.449 e. The fourth-order valence-corrected chi connectivity index (χ4v) is 3.77. The Labute approximate surface area is 166 Å². The van der Waals surface area contributed by atoms with Crippen LogP contribution in [0.2, 0.25) is 0 Å². The first-order chi connectivity index (χ1) is 13.5. The highest BCUT2D eigenvalue weighted by Gasteiger charge is 2.26. The zero-order chi connectivity index (χ0) is 20.1. The van der Waals surface area contributed by atoms with Gasteiger partial charge in [-0.2, -0.15) is 5.10 Å². The van der Waals surface area contributed by atoms with Gasteiger partial charge in [0.15, 0.2) is 6.10 Å². The standard InChI is InChI=1S/C22H29N3O3/c1-15-20(16(2)25(24-15)19-13-9-6-10-14-19)22(27)28-17(3)21(26)23-18-11-7-4-5-8-12-18/h6,9-10,13-14,17-18H,4-5,7-8,11-12H2,1-3H3,(H,23,26)/t17-/m1/s1. The number of nitrogens with zero attached hydrogens (tertiary/aromatic N) is 2. The average Bonchev–Trinajstić information content (AvgIpc) is 2.84. The van der Waals surface area contributed by atoms with Crippen LogP contribution in [-0.4, -0.2) is 33.8 Å². The predicted molar refractivity (Wildman–Crippen MR) is 108 cm³/mol. The second-order valence-corrected chi connectivity index (χ2v) is 7.54. The molecule has 0 bridgehead atoms. The summed E-state index contributed by atoms with van der Waals surface area (Å²) in [5, 5.41) is 7.51. The van der Waals surface area contributed by atoms with Crippen LogP contribution in [0.5, 0.6) is 0 Å². The lowest BCUT2D eigenvalue weighted by molar-refractivity contribution is -0.129. The van der Waals surface area contributed by atoms with Gasteiger partial charge in [-0.3, -0.25) is 4.79 Å². The monoisotopic (exact) mass is 383 g/mol. The number of para-hydroxylation sites is 1. The van der Waals surface area contributed by atoms with E-state index in [2.05, 4.69) is 10.4 Å². The lowest BCUT2D eigenvalue weighted by Crippen LogP contribution is -2.41. The number of amides is 1. The van der Waals surface area contributed by atoms with Crippen molar-refractivity contribution in [3.63, 3.8) is 0 Å². The Bertz CT molecular complexity index is 821. The van der Waals surface area contributed by atoms with Gasteiger partial charge in [0.2, 0.25) is 0 Å². The van der Waals surface area contributed by atoms with Crippen molar-refractivity contribution in [1.82, 2.24) is 15.1 Å². The third kappa shape index (κ3) is 4.61. The lowest BCUT2D eigenvalue weighted by Gasteiger charge is -2.19. The molecule has 1 aromatic heterocycles. The van der Waals surface area contributed by atoms with Crippen LogP contribution in [0.1, 0.15) is 67.2 Å². The molecule has 150 valence electrons. The lowest BCUT2D eigenvalue weighted by atomic mass is 10.1. The molecule has 1 aliphatic rings. The number of aromatic nitrogens is 2. The Morgan fingerprint density at radius 2 is 1.75 bits per heavy atom. The molecule has 6 nitrogen and oxygen atoms in total. The summed E-state index contributed by atoms with van der Waals surface area (Å²) < 4.78 is 7.20. The van der Waals surface area contributed by atoms with E-state index in [1.165, 1.54) is 12.8 Å². The summed E-state index contributed by atoms with van der Waals surface area (Å²) in [6, 6.07) is 9.81. The minimum atomic E-state index is -0.838. The molecular weight excluding hydrogens is 354 g/mol. The van der Waals surface area contributed by atoms with Crippen LogP contribution < -0.4 is 5.32 Å². The molecule has 1 fully saturated rings. The van der Waals surface area contributed by atoms with Gasteiger partial charge in [-0.15, -0.1) is 0 Å². The van der Waals surface area contributed by atoms with Crippen LogP contribution in [0.25, 0.3) is 5.69 Å². The molecule has 1 aliphatic carbocycles. The Hall–Kier alpha value is -2.63. The fraction of sp³-hybridized carbons (Fsp3) is 0.500. The van der Waals surface area contributed by atoms with E-state index >= 15 is 0 Å². The molecule has 2 aromatic rings. The third-order valence-corrected chi connectivity index (χ3v) is 5.35. The van der Waals surface area contributed by atoms with Gasteiger partial charge >= 0.3 is 5.97 Å². The third-order valence-electron chi connectivity index (χ3n) is 5.35. The van der Waals surface area contributed by atoms with Crippen molar-refractivity contribution in [2.24, 2.45) is 0 Å². The van der Waals surface area contributed by atoms with Crippen LogP contribution in [0.3, 0.4) is 0 Å². The van der Waals surface area contributed by atoms with Crippen molar-refractivity contribution in [3.8, 4) is 5.69 Å². The molecule has 0 unspecified atom stereocenters. The van der Waals surface area contributed by atoms with E-state index in [9.17, 15) is 9.59 Å². The van der Waals surface area contributed by atoms with E-state index in [-0.39, 0.29) is 11.9 Å². The van der Waals surface area contributed by atoms with Gasteiger partial charge in [-0.25, -0.2) is 9.48 Å². The van der Waals surface area contributed by atoms with Crippen LogP contribution >= 0.6 is 0 Å². The number of hydrogen-bond donors (Lipinski definition) is 1. The molecule has 0 spiro atoms. The Kier molecular flexibility index (Phi) is 6.49. The van der Waals surface area contributed by atoms with Crippen molar-refractivity contribution in [1.29, 1.82) is 0 Å². The molecule has 6 heteroatoms. The Morgan fingerprint density at radius 3 is 2.39 bits per heavy atom. The molecule has 1 heterocycles. The first kappa shape index (κ1) is 20.1. The smallest absolute Gasteiger partial charge is 0.342 e. The Balaban J connectivity index is 1.67. The van der Waals surface area contributed by atoms with E-state index in [1.54, 1.807) is 18.5 Å². The summed E-state index contributed by atoms with van der Waals surface area (Å²) in [6.45, 7) is 5.23. The number of nitrogens with one attached hydrogen (secondary N) is 1. The van der Waals surface area contributed by atoms with Gasteiger partial charge in [0, 0.05) is 6.04 Å². The Morgan fingerprint density at radius 1 is 1.11 bits per heavy atom. The summed E-state index contributed by atoms with van der Waals surface area (Å²) in [4.78, 5) is 25.2. The minimum absolute atomic E-state index is 0.181. The van der Waals surface area contributed by atoms with E-state index in [4.69, 9.17) is 4.74 Å². The predicted octanol–water partition coefficient (Wildman–Crippen LogP) is 3.87. The molecule has 1 aromatic carbocycles. The SMILES string of the molecule is Cc1nn(-c2ccccc2)c(C)c1C(=O)O[C@H](C)C(=O)NC1CCCCCC1. The van der Waals surface area contributed by atoms with E-state index in [0.29, 0.717) is 17.0 Å². The molecular formula is C22H29N3O3. The highest BCUT2D eigenvalue weighted by Crippen LogP contribution is 2.20. The van der Waals surface area contributed by atoms with Gasteiger partial charge in [0.05, 0.1) is 17.1 Å². The number of esters is 1. The van der Waals surface area contributed by atoms with Crippen molar-refractivity contribution in [2.75, 3.05) is 0 Å². The van der Waals surface area contributed by atoms with Crippen molar-refractivity contribution < 1.29 is 14.3 Å². The van der Waals surface area contributed by atoms with Crippen LogP contribution in [-0.2, 0) is 9.53 Å². The van der Waals surface area contributed by atoms with Crippen molar-refractivity contribution in [3.05, 3.63) is 47.3 Å². The number of carbonyl (C=O) groups excluding carboxylic acids is 2. The molecule has 0 saturated heterocycles. The second-order valence-electron chi connectivity index (χ2n) is 7.54. The molecule has 0 radical (unpaired) electrons. The first-order valence-corrected chi connectivity index (χ1v) is 10.1. The highest BCUT2D eigenvalue weighted by atomic mass is 16.5. The number of rotatable bonds is 5. The van der Waals surface area contributed by atoms with Crippen LogP contribution in [0, 0.1) is 13.8 Å². The molecule has 1 atom stereocenters. The topological polar surface area (TPSA) is 73.2 Å². The fourth-order valence-electron chi connectivity index (χ4n) is 3.77. The quantitative estimate of drug-likeness (QED) is 0.628. The second kappa shape index (κ2) is 9.04. The van der Waals surface area contributed by atoms with Crippen molar-refractivity contribution >= 4 is 11.9 Å². The molecule has 1 N–H and O–H groups in total. The number of carbonyl (C=O) groups is 2. The van der Waals surface area contributed by atoms with Gasteiger partial charge < -0.3 is 10.1 Å². The highest BCUT2D eigenvalue weighted by molar-refractivity contribution is 5.94. The zero-order valence-corrected chi connectivity index (χ0v) is 16.9. The summed E-state index contributed by atoms with van der Waals surface area (Å²) in [5.41, 5.74) is 2.58. The number of hydrogen-bond acceptors (Lipinski definition) is 4. The van der Waals surface area contributed by atoms with Crippen LogP contribution in [0.15, 0.2) is 30.3 Å². The average molecular weight is 383 g/mol. The maximum absolute atomic E-state index is 12.7. The van der Waals surface area contributed by atoms with E-state index in [1.807, 2.05) is 37.3 Å². The van der Waals surface area contributed by atoms with Gasteiger partial charge in [0.25, 0.3) is 5.91 Å². The van der Waals surface area contributed by atoms with Gasteiger partial charge in [-0.05, 0) is 45.7 Å². The largest absolute Gasteiger partial charge is 0.449 e. The molecule has 1 amide bonds. The normalized spacial score (nSPS) is 16.2. The van der Waals surface area contributed by atoms with E-state index in [0.717, 1.165) is 31.4 Å². The van der Waals surface area contributed by atoms with Gasteiger partial charge in [0.1, 0.15) is 5.56 Å². The number of ether oxygens (including phenoxy) is 1. The first-order valence-electron chi connectivity index (χ1n) is 10.1. The molecule has 28 heavy (non-hydrogen) atoms. The molecule has 1 saturated carbocycles. The van der Waals surface area contributed by atoms with Gasteiger partial charge in [-0.1, -0.05) is 43.9 Å².